The van der Waals surface area contributed by atoms with Crippen LogP contribution >= 0.6 is 0 Å². The Morgan fingerprint density at radius 2 is 2.00 bits per heavy atom. The molecule has 0 atom stereocenters. The van der Waals surface area contributed by atoms with Crippen molar-refractivity contribution < 1.29 is 19.0 Å². The normalized spacial score (nSPS) is 22.7. The summed E-state index contributed by atoms with van der Waals surface area (Å²) in [6.45, 7) is 2.66. The molecule has 0 aromatic heterocycles. The van der Waals surface area contributed by atoms with Crippen LogP contribution in [0.5, 0.6) is 0 Å². The van der Waals surface area contributed by atoms with Gasteiger partial charge in [0.15, 0.2) is 0 Å². The molecule has 1 heterocycles. The maximum absolute atomic E-state index is 11.0. The van der Waals surface area contributed by atoms with Crippen LogP contribution in [0.4, 0.5) is 0 Å². The van der Waals surface area contributed by atoms with Crippen molar-refractivity contribution >= 4 is 5.97 Å². The van der Waals surface area contributed by atoms with Gasteiger partial charge in [0, 0.05) is 6.92 Å². The number of carbonyl (C=O) groups is 1. The van der Waals surface area contributed by atoms with Crippen LogP contribution in [0.2, 0.25) is 0 Å². The van der Waals surface area contributed by atoms with Crippen molar-refractivity contribution in [3.8, 4) is 0 Å². The van der Waals surface area contributed by atoms with Gasteiger partial charge in [-0.3, -0.25) is 0 Å². The number of hydrogen-bond donors (Lipinski definition) is 0. The lowest BCUT2D eigenvalue weighted by Gasteiger charge is -2.30. The summed E-state index contributed by atoms with van der Waals surface area (Å²) in [5.74, 6) is -1.65. The van der Waals surface area contributed by atoms with Crippen molar-refractivity contribution in [2.45, 2.75) is 19.1 Å². The third-order valence-electron chi connectivity index (χ3n) is 1.60. The Morgan fingerprint density at radius 1 is 1.45 bits per heavy atom. The molecule has 1 rings (SSSR count). The molecule has 11 heavy (non-hydrogen) atoms. The number of ether oxygens (including phenoxy) is 3. The molecule has 1 fully saturated rings. The van der Waals surface area contributed by atoms with Crippen LogP contribution in [0, 0.1) is 0 Å². The Balaban J connectivity index is 2.56. The lowest BCUT2D eigenvalue weighted by molar-refractivity contribution is -0.259. The van der Waals surface area contributed by atoms with Crippen molar-refractivity contribution in [2.75, 3.05) is 20.3 Å². The summed E-state index contributed by atoms with van der Waals surface area (Å²) in [5, 5.41) is 0. The van der Waals surface area contributed by atoms with E-state index >= 15 is 0 Å². The molecule has 0 bridgehead atoms. The Hall–Kier alpha value is -0.610. The quantitative estimate of drug-likeness (QED) is 0.518. The van der Waals surface area contributed by atoms with Gasteiger partial charge in [-0.2, -0.15) is 0 Å². The van der Waals surface area contributed by atoms with E-state index in [0.717, 1.165) is 6.42 Å². The van der Waals surface area contributed by atoms with Gasteiger partial charge in [0.1, 0.15) is 0 Å². The minimum atomic E-state index is -1.17. The molecule has 1 aliphatic heterocycles. The van der Waals surface area contributed by atoms with Crippen molar-refractivity contribution in [2.24, 2.45) is 0 Å². The van der Waals surface area contributed by atoms with Crippen molar-refractivity contribution in [1.82, 2.24) is 0 Å². The van der Waals surface area contributed by atoms with Crippen LogP contribution in [0.25, 0.3) is 0 Å². The second-order valence-corrected chi connectivity index (χ2v) is 2.49. The first-order valence-electron chi connectivity index (χ1n) is 3.55. The zero-order chi connectivity index (χ0) is 8.32. The van der Waals surface area contributed by atoms with E-state index in [-0.39, 0.29) is 0 Å². The van der Waals surface area contributed by atoms with E-state index in [1.807, 2.05) is 0 Å². The highest BCUT2D eigenvalue weighted by molar-refractivity contribution is 5.77. The fraction of sp³-hybridized carbons (Fsp3) is 0.857. The summed E-state index contributed by atoms with van der Waals surface area (Å²) in [6.07, 6.45) is 0.826. The van der Waals surface area contributed by atoms with E-state index in [1.165, 1.54) is 7.11 Å². The first kappa shape index (κ1) is 8.49. The van der Waals surface area contributed by atoms with Crippen LogP contribution < -0.4 is 0 Å². The average molecular weight is 160 g/mol. The number of esters is 1. The summed E-state index contributed by atoms with van der Waals surface area (Å²) >= 11 is 0. The molecule has 1 aliphatic rings. The Bertz CT molecular complexity index is 149. The first-order valence-corrected chi connectivity index (χ1v) is 3.55. The topological polar surface area (TPSA) is 44.8 Å². The molecule has 0 aromatic carbocycles. The third-order valence-corrected chi connectivity index (χ3v) is 1.60. The van der Waals surface area contributed by atoms with Crippen molar-refractivity contribution in [1.29, 1.82) is 0 Å². The van der Waals surface area contributed by atoms with Gasteiger partial charge in [0.2, 0.25) is 0 Å². The van der Waals surface area contributed by atoms with E-state index in [2.05, 4.69) is 4.74 Å². The molecular weight excluding hydrogens is 148 g/mol. The van der Waals surface area contributed by atoms with E-state index in [9.17, 15) is 4.79 Å². The monoisotopic (exact) mass is 160 g/mol. The van der Waals surface area contributed by atoms with Crippen molar-refractivity contribution in [3.63, 3.8) is 0 Å². The number of hydrogen-bond acceptors (Lipinski definition) is 4. The van der Waals surface area contributed by atoms with Crippen LogP contribution in [0.1, 0.15) is 13.3 Å². The Kier molecular flexibility index (Phi) is 2.46. The molecule has 4 nitrogen and oxygen atoms in total. The highest BCUT2D eigenvalue weighted by Crippen LogP contribution is 2.19. The van der Waals surface area contributed by atoms with Crippen LogP contribution in [0.15, 0.2) is 0 Å². The summed E-state index contributed by atoms with van der Waals surface area (Å²) in [6, 6.07) is 0. The molecule has 0 radical (unpaired) electrons. The largest absolute Gasteiger partial charge is 0.465 e. The maximum Gasteiger partial charge on any atom is 0.366 e. The van der Waals surface area contributed by atoms with Gasteiger partial charge in [-0.05, 0) is 6.42 Å². The molecule has 0 saturated carbocycles. The van der Waals surface area contributed by atoms with E-state index in [4.69, 9.17) is 9.47 Å². The standard InChI is InChI=1S/C7H12O4/c1-7(6(8)9-2)10-4-3-5-11-7/h3-5H2,1-2H3. The average Bonchev–Trinajstić information content (AvgIpc) is 2.04. The fourth-order valence-electron chi connectivity index (χ4n) is 0.938. The predicted octanol–water partition coefficient (Wildman–Crippen LogP) is 0.312. The van der Waals surface area contributed by atoms with Gasteiger partial charge in [-0.1, -0.05) is 0 Å². The van der Waals surface area contributed by atoms with Gasteiger partial charge >= 0.3 is 5.97 Å². The van der Waals surface area contributed by atoms with Crippen LogP contribution in [-0.4, -0.2) is 32.1 Å². The molecule has 64 valence electrons. The SMILES string of the molecule is COC(=O)C1(C)OCCCO1. The predicted molar refractivity (Wildman–Crippen MR) is 36.9 cm³/mol. The minimum absolute atomic E-state index is 0.475. The van der Waals surface area contributed by atoms with E-state index < -0.39 is 11.8 Å². The molecule has 1 saturated heterocycles. The summed E-state index contributed by atoms with van der Waals surface area (Å²) in [7, 11) is 1.31. The van der Waals surface area contributed by atoms with E-state index in [1.54, 1.807) is 6.92 Å². The summed E-state index contributed by atoms with van der Waals surface area (Å²) < 4.78 is 14.7. The molecule has 0 aliphatic carbocycles. The molecule has 0 aromatic rings. The zero-order valence-corrected chi connectivity index (χ0v) is 6.75. The second kappa shape index (κ2) is 3.19. The third kappa shape index (κ3) is 1.70. The van der Waals surface area contributed by atoms with Gasteiger partial charge in [-0.25, -0.2) is 4.79 Å². The van der Waals surface area contributed by atoms with Crippen molar-refractivity contribution in [3.05, 3.63) is 0 Å². The Labute approximate surface area is 65.4 Å². The zero-order valence-electron chi connectivity index (χ0n) is 6.75. The number of methoxy groups -OCH3 is 1. The van der Waals surface area contributed by atoms with Gasteiger partial charge < -0.3 is 14.2 Å². The lowest BCUT2D eigenvalue weighted by Crippen LogP contribution is -2.45. The lowest BCUT2D eigenvalue weighted by atomic mass is 10.3. The van der Waals surface area contributed by atoms with Gasteiger partial charge in [-0.15, -0.1) is 0 Å². The fourth-order valence-corrected chi connectivity index (χ4v) is 0.938. The van der Waals surface area contributed by atoms with Crippen LogP contribution in [-0.2, 0) is 19.0 Å². The van der Waals surface area contributed by atoms with E-state index in [0.29, 0.717) is 13.2 Å². The molecular formula is C7H12O4. The number of rotatable bonds is 1. The molecule has 0 spiro atoms. The molecule has 0 N–H and O–H groups in total. The first-order chi connectivity index (χ1) is 5.19. The summed E-state index contributed by atoms with van der Waals surface area (Å²) in [5.41, 5.74) is 0. The highest BCUT2D eigenvalue weighted by Gasteiger charge is 2.38. The van der Waals surface area contributed by atoms with Gasteiger partial charge in [0.05, 0.1) is 20.3 Å². The molecule has 4 heteroatoms. The molecule has 0 unspecified atom stereocenters. The van der Waals surface area contributed by atoms with Gasteiger partial charge in [0.25, 0.3) is 5.79 Å². The summed E-state index contributed by atoms with van der Waals surface area (Å²) in [4.78, 5) is 11.0. The smallest absolute Gasteiger partial charge is 0.366 e. The molecule has 0 amide bonds. The van der Waals surface area contributed by atoms with Crippen LogP contribution in [0.3, 0.4) is 0 Å². The maximum atomic E-state index is 11.0. The number of carbonyl (C=O) groups excluding carboxylic acids is 1. The Morgan fingerprint density at radius 3 is 2.45 bits per heavy atom. The minimum Gasteiger partial charge on any atom is -0.465 e. The second-order valence-electron chi connectivity index (χ2n) is 2.49. The highest BCUT2D eigenvalue weighted by atomic mass is 16.7.